The summed E-state index contributed by atoms with van der Waals surface area (Å²) in [5.41, 5.74) is 7.74. The van der Waals surface area contributed by atoms with Gasteiger partial charge in [0.25, 0.3) is 0 Å². The maximum absolute atomic E-state index is 6.42. The minimum Gasteiger partial charge on any atom is -0.460 e. The third-order valence-corrected chi connectivity index (χ3v) is 7.99. The summed E-state index contributed by atoms with van der Waals surface area (Å²) in [6.45, 7) is 7.02. The molecule has 2 heterocycles. The first-order valence-electron chi connectivity index (χ1n) is 12.2. The van der Waals surface area contributed by atoms with Crippen LogP contribution in [0.4, 0.5) is 0 Å². The lowest BCUT2D eigenvalue weighted by Gasteiger charge is -2.35. The maximum Gasteiger partial charge on any atom is 0.135 e. The molecule has 0 spiro atoms. The average Bonchev–Trinajstić information content (AvgIpc) is 3.34. The number of furan rings is 1. The summed E-state index contributed by atoms with van der Waals surface area (Å²) in [4.78, 5) is 0. The molecule has 2 aliphatic carbocycles. The molecule has 162 valence electrons. The largest absolute Gasteiger partial charge is 0.460 e. The Morgan fingerprint density at radius 3 is 2.72 bits per heavy atom. The number of benzene rings is 2. The molecule has 0 N–H and O–H groups in total. The Morgan fingerprint density at radius 1 is 1.03 bits per heavy atom. The Balaban J connectivity index is 1.51. The highest BCUT2D eigenvalue weighted by Crippen LogP contribution is 2.45. The molecule has 4 aromatic rings. The molecular weight excluding hydrogens is 390 g/mol. The minimum atomic E-state index is 0.174. The average molecular weight is 422 g/mol. The molecule has 0 fully saturated rings. The van der Waals surface area contributed by atoms with Crippen molar-refractivity contribution in [2.24, 2.45) is 11.3 Å². The Hall–Kier alpha value is -3.00. The molecule has 2 heteroatoms. The van der Waals surface area contributed by atoms with E-state index in [1.165, 1.54) is 51.6 Å². The van der Waals surface area contributed by atoms with Crippen LogP contribution in [0, 0.1) is 11.3 Å². The fourth-order valence-electron chi connectivity index (χ4n) is 6.25. The van der Waals surface area contributed by atoms with E-state index in [1.807, 2.05) is 0 Å². The molecule has 1 unspecified atom stereocenters. The number of allylic oxidation sites excluding steroid dienone is 2. The van der Waals surface area contributed by atoms with Crippen molar-refractivity contribution in [3.63, 3.8) is 0 Å². The zero-order valence-electron chi connectivity index (χ0n) is 19.3. The molecular formula is C30H31NO. The van der Waals surface area contributed by atoms with E-state index in [4.69, 9.17) is 4.42 Å². The zero-order chi connectivity index (χ0) is 21.9. The fraction of sp³-hybridized carbons (Fsp3) is 0.333. The van der Waals surface area contributed by atoms with Gasteiger partial charge in [-0.2, -0.15) is 0 Å². The van der Waals surface area contributed by atoms with Gasteiger partial charge in [-0.25, -0.2) is 0 Å². The summed E-state index contributed by atoms with van der Waals surface area (Å²) < 4.78 is 8.85. The van der Waals surface area contributed by atoms with E-state index < -0.39 is 0 Å². The third-order valence-electron chi connectivity index (χ3n) is 7.99. The van der Waals surface area contributed by atoms with E-state index >= 15 is 0 Å². The summed E-state index contributed by atoms with van der Waals surface area (Å²) in [5.74, 6) is 1.83. The first-order valence-corrected chi connectivity index (χ1v) is 12.2. The van der Waals surface area contributed by atoms with Crippen LogP contribution in [0.25, 0.3) is 39.7 Å². The van der Waals surface area contributed by atoms with Crippen LogP contribution in [0.1, 0.15) is 62.6 Å². The summed E-state index contributed by atoms with van der Waals surface area (Å²) in [6.07, 6.45) is 15.0. The topological polar surface area (TPSA) is 18.1 Å². The Labute approximate surface area is 190 Å². The van der Waals surface area contributed by atoms with Crippen LogP contribution < -0.4 is 0 Å². The van der Waals surface area contributed by atoms with E-state index in [1.54, 1.807) is 0 Å². The van der Waals surface area contributed by atoms with E-state index in [0.717, 1.165) is 30.6 Å². The van der Waals surface area contributed by atoms with E-state index in [-0.39, 0.29) is 5.41 Å². The van der Waals surface area contributed by atoms with Crippen molar-refractivity contribution in [3.05, 3.63) is 77.2 Å². The highest BCUT2D eigenvalue weighted by atomic mass is 16.3. The number of rotatable bonds is 4. The monoisotopic (exact) mass is 421 g/mol. The second-order valence-electron chi connectivity index (χ2n) is 9.81. The highest BCUT2D eigenvalue weighted by Gasteiger charge is 2.35. The Morgan fingerprint density at radius 2 is 1.88 bits per heavy atom. The minimum absolute atomic E-state index is 0.174. The van der Waals surface area contributed by atoms with E-state index in [0.29, 0.717) is 5.92 Å². The van der Waals surface area contributed by atoms with Crippen LogP contribution in [0.15, 0.2) is 59.0 Å². The van der Waals surface area contributed by atoms with Crippen molar-refractivity contribution in [1.82, 2.24) is 4.57 Å². The molecule has 0 saturated carbocycles. The van der Waals surface area contributed by atoms with Crippen LogP contribution in [-0.4, -0.2) is 4.57 Å². The molecule has 0 aliphatic heterocycles. The number of aryl methyl sites for hydroxylation is 1. The van der Waals surface area contributed by atoms with Gasteiger partial charge in [0.15, 0.2) is 0 Å². The number of nitrogens with zero attached hydrogens (tertiary/aromatic N) is 1. The quantitative estimate of drug-likeness (QED) is 0.324. The molecule has 2 nitrogen and oxygen atoms in total. The van der Waals surface area contributed by atoms with Gasteiger partial charge in [0.05, 0.1) is 5.52 Å². The number of aromatic nitrogens is 1. The van der Waals surface area contributed by atoms with Gasteiger partial charge in [-0.3, -0.25) is 0 Å². The van der Waals surface area contributed by atoms with Crippen LogP contribution in [0.3, 0.4) is 0 Å². The van der Waals surface area contributed by atoms with Gasteiger partial charge in [0.2, 0.25) is 0 Å². The van der Waals surface area contributed by atoms with Crippen molar-refractivity contribution in [3.8, 4) is 5.69 Å². The zero-order valence-corrected chi connectivity index (χ0v) is 19.3. The fourth-order valence-corrected chi connectivity index (χ4v) is 6.25. The Bertz CT molecular complexity index is 1390. The standard InChI is InChI=1S/C30H31NO/c1-4-20(5-2)30(3)17-16-24-25-18-21(14-15-28(25)32-29(24)19-30)31-26-12-8-6-10-22(26)23-11-7-9-13-27(23)31/h6,8-10,12-18,20H,4-5,7,11,19H2,1-3H3. The summed E-state index contributed by atoms with van der Waals surface area (Å²) in [5, 5.41) is 2.61. The number of para-hydroxylation sites is 1. The van der Waals surface area contributed by atoms with Crippen LogP contribution in [0.5, 0.6) is 0 Å². The molecule has 0 radical (unpaired) electrons. The summed E-state index contributed by atoms with van der Waals surface area (Å²) in [6, 6.07) is 15.5. The highest BCUT2D eigenvalue weighted by molar-refractivity contribution is 5.94. The molecule has 2 aliphatic rings. The van der Waals surface area contributed by atoms with Crippen molar-refractivity contribution in [1.29, 1.82) is 0 Å². The van der Waals surface area contributed by atoms with Gasteiger partial charge in [-0.15, -0.1) is 0 Å². The van der Waals surface area contributed by atoms with E-state index in [2.05, 4.69) is 92.1 Å². The molecule has 6 rings (SSSR count). The lowest BCUT2D eigenvalue weighted by atomic mass is 9.69. The summed E-state index contributed by atoms with van der Waals surface area (Å²) in [7, 11) is 0. The van der Waals surface area contributed by atoms with Gasteiger partial charge in [-0.05, 0) is 60.1 Å². The third kappa shape index (κ3) is 2.78. The maximum atomic E-state index is 6.42. The molecule has 2 aromatic carbocycles. The lowest BCUT2D eigenvalue weighted by Crippen LogP contribution is -2.28. The number of fused-ring (bicyclic) bond motifs is 6. The van der Waals surface area contributed by atoms with Crippen LogP contribution >= 0.6 is 0 Å². The Kier molecular flexibility index (Phi) is 4.47. The summed E-state index contributed by atoms with van der Waals surface area (Å²) >= 11 is 0. The molecule has 1 atom stereocenters. The van der Waals surface area contributed by atoms with Gasteiger partial charge in [0, 0.05) is 34.1 Å². The van der Waals surface area contributed by atoms with Gasteiger partial charge < -0.3 is 8.98 Å². The van der Waals surface area contributed by atoms with Crippen LogP contribution in [0.2, 0.25) is 0 Å². The number of hydrogen-bond donors (Lipinski definition) is 0. The number of hydrogen-bond acceptors (Lipinski definition) is 1. The first kappa shape index (κ1) is 19.7. The normalized spacial score (nSPS) is 19.8. The molecule has 32 heavy (non-hydrogen) atoms. The van der Waals surface area contributed by atoms with Crippen molar-refractivity contribution < 1.29 is 4.42 Å². The molecule has 0 saturated heterocycles. The molecule has 0 bridgehead atoms. The second kappa shape index (κ2) is 7.27. The van der Waals surface area contributed by atoms with Crippen molar-refractivity contribution in [2.75, 3.05) is 0 Å². The molecule has 0 amide bonds. The predicted octanol–water partition coefficient (Wildman–Crippen LogP) is 8.35. The molecule has 2 aromatic heterocycles. The van der Waals surface area contributed by atoms with Gasteiger partial charge in [-0.1, -0.05) is 70.0 Å². The second-order valence-corrected chi connectivity index (χ2v) is 9.81. The van der Waals surface area contributed by atoms with Gasteiger partial charge >= 0.3 is 0 Å². The first-order chi connectivity index (χ1) is 15.6. The van der Waals surface area contributed by atoms with Crippen molar-refractivity contribution >= 4 is 34.0 Å². The van der Waals surface area contributed by atoms with Crippen LogP contribution in [-0.2, 0) is 12.8 Å². The predicted molar refractivity (Wildman–Crippen MR) is 135 cm³/mol. The lowest BCUT2D eigenvalue weighted by molar-refractivity contribution is 0.224. The SMILES string of the molecule is CCC(CC)C1(C)C=Cc2c(oc3ccc(-n4c5c(c6ccccc64)CCC=C5)cc23)C1. The van der Waals surface area contributed by atoms with Gasteiger partial charge in [0.1, 0.15) is 11.3 Å². The van der Waals surface area contributed by atoms with E-state index in [9.17, 15) is 0 Å². The van der Waals surface area contributed by atoms with Crippen molar-refractivity contribution in [2.45, 2.75) is 52.9 Å². The smallest absolute Gasteiger partial charge is 0.135 e.